The molecule has 0 spiro atoms. The van der Waals surface area contributed by atoms with Crippen LogP contribution >= 0.6 is 11.8 Å². The molecule has 2 aliphatic rings. The van der Waals surface area contributed by atoms with Gasteiger partial charge in [0.15, 0.2) is 5.17 Å². The molecule has 1 heterocycles. The highest BCUT2D eigenvalue weighted by molar-refractivity contribution is 8.14. The van der Waals surface area contributed by atoms with Crippen LogP contribution in [0.5, 0.6) is 0 Å². The average Bonchev–Trinajstić information content (AvgIpc) is 2.84. The molecular weight excluding hydrogens is 232 g/mol. The van der Waals surface area contributed by atoms with Crippen molar-refractivity contribution in [2.24, 2.45) is 10.4 Å². The van der Waals surface area contributed by atoms with Crippen LogP contribution in [0.4, 0.5) is 0 Å². The van der Waals surface area contributed by atoms with Crippen LogP contribution in [-0.4, -0.2) is 36.7 Å². The normalized spacial score (nSPS) is 34.2. The smallest absolute Gasteiger partial charge is 0.157 e. The van der Waals surface area contributed by atoms with Crippen LogP contribution < -0.4 is 5.32 Å². The molecule has 2 rings (SSSR count). The maximum atomic E-state index is 5.12. The number of methoxy groups -OCH3 is 1. The van der Waals surface area contributed by atoms with Crippen molar-refractivity contribution in [3.63, 3.8) is 0 Å². The molecule has 0 bridgehead atoms. The largest absolute Gasteiger partial charge is 0.385 e. The van der Waals surface area contributed by atoms with Crippen molar-refractivity contribution in [3.8, 4) is 0 Å². The molecule has 1 saturated carbocycles. The van der Waals surface area contributed by atoms with Gasteiger partial charge in [-0.2, -0.15) is 0 Å². The molecule has 0 amide bonds. The van der Waals surface area contributed by atoms with Crippen LogP contribution in [0.1, 0.15) is 39.5 Å². The van der Waals surface area contributed by atoms with E-state index in [2.05, 4.69) is 19.2 Å². The zero-order chi connectivity index (χ0) is 12.3. The summed E-state index contributed by atoms with van der Waals surface area (Å²) < 4.78 is 5.12. The Balaban J connectivity index is 1.87. The summed E-state index contributed by atoms with van der Waals surface area (Å²) in [7, 11) is 1.76. The molecule has 4 heteroatoms. The van der Waals surface area contributed by atoms with Crippen molar-refractivity contribution in [2.75, 3.05) is 19.5 Å². The quantitative estimate of drug-likeness (QED) is 0.839. The Morgan fingerprint density at radius 1 is 1.53 bits per heavy atom. The van der Waals surface area contributed by atoms with Crippen molar-refractivity contribution in [3.05, 3.63) is 0 Å². The number of ether oxygens (including phenoxy) is 1. The predicted molar refractivity (Wildman–Crippen MR) is 74.7 cm³/mol. The lowest BCUT2D eigenvalue weighted by molar-refractivity contribution is 0.188. The molecule has 0 aromatic carbocycles. The maximum Gasteiger partial charge on any atom is 0.157 e. The van der Waals surface area contributed by atoms with Gasteiger partial charge in [0.05, 0.1) is 6.04 Å². The third-order valence-electron chi connectivity index (χ3n) is 3.89. The average molecular weight is 256 g/mol. The molecule has 3 nitrogen and oxygen atoms in total. The summed E-state index contributed by atoms with van der Waals surface area (Å²) in [5.41, 5.74) is 0.389. The Hall–Kier alpha value is -0.220. The number of rotatable bonds is 4. The van der Waals surface area contributed by atoms with Gasteiger partial charge in [-0.25, -0.2) is 0 Å². The summed E-state index contributed by atoms with van der Waals surface area (Å²) in [6.45, 7) is 5.52. The Morgan fingerprint density at radius 2 is 2.35 bits per heavy atom. The summed E-state index contributed by atoms with van der Waals surface area (Å²) in [5, 5.41) is 4.68. The highest BCUT2D eigenvalue weighted by Gasteiger charge is 2.35. The molecule has 98 valence electrons. The number of aliphatic imine (C=N–C) groups is 1. The van der Waals surface area contributed by atoms with Gasteiger partial charge in [0, 0.05) is 25.5 Å². The number of hydrogen-bond donors (Lipinski definition) is 1. The van der Waals surface area contributed by atoms with E-state index in [1.165, 1.54) is 19.3 Å². The summed E-state index contributed by atoms with van der Waals surface area (Å²) in [4.78, 5) is 4.91. The number of nitrogens with one attached hydrogen (secondary N) is 1. The monoisotopic (exact) mass is 256 g/mol. The van der Waals surface area contributed by atoms with E-state index < -0.39 is 0 Å². The first-order valence-electron chi connectivity index (χ1n) is 6.58. The minimum absolute atomic E-state index is 0.389. The van der Waals surface area contributed by atoms with Crippen molar-refractivity contribution < 1.29 is 4.74 Å². The molecule has 2 atom stereocenters. The van der Waals surface area contributed by atoms with Gasteiger partial charge in [-0.15, -0.1) is 0 Å². The third kappa shape index (κ3) is 3.38. The molecule has 2 unspecified atom stereocenters. The van der Waals surface area contributed by atoms with Crippen molar-refractivity contribution in [1.29, 1.82) is 0 Å². The topological polar surface area (TPSA) is 33.6 Å². The molecule has 0 aromatic heterocycles. The van der Waals surface area contributed by atoms with E-state index in [0.717, 1.165) is 23.9 Å². The van der Waals surface area contributed by atoms with Gasteiger partial charge in [0.25, 0.3) is 0 Å². The van der Waals surface area contributed by atoms with Gasteiger partial charge < -0.3 is 10.1 Å². The summed E-state index contributed by atoms with van der Waals surface area (Å²) in [6, 6.07) is 1.06. The first-order chi connectivity index (χ1) is 8.12. The van der Waals surface area contributed by atoms with E-state index in [4.69, 9.17) is 9.73 Å². The Morgan fingerprint density at radius 3 is 3.00 bits per heavy atom. The van der Waals surface area contributed by atoms with Crippen LogP contribution in [0.25, 0.3) is 0 Å². The molecule has 1 aliphatic heterocycles. The molecule has 1 saturated heterocycles. The number of hydrogen-bond acceptors (Lipinski definition) is 3. The van der Waals surface area contributed by atoms with Crippen molar-refractivity contribution in [2.45, 2.75) is 51.6 Å². The summed E-state index contributed by atoms with van der Waals surface area (Å²) in [6.07, 6.45) is 4.97. The second-order valence-corrected chi connectivity index (χ2v) is 6.77. The van der Waals surface area contributed by atoms with Gasteiger partial charge in [-0.1, -0.05) is 32.0 Å². The van der Waals surface area contributed by atoms with Crippen LogP contribution in [0.15, 0.2) is 4.99 Å². The number of nitrogens with zero attached hydrogens (tertiary/aromatic N) is 1. The van der Waals surface area contributed by atoms with Crippen LogP contribution in [0.2, 0.25) is 0 Å². The zero-order valence-corrected chi connectivity index (χ0v) is 12.0. The lowest BCUT2D eigenvalue weighted by Gasteiger charge is -2.23. The molecule has 17 heavy (non-hydrogen) atoms. The first kappa shape index (κ1) is 13.2. The Kier molecular flexibility index (Phi) is 4.36. The van der Waals surface area contributed by atoms with Gasteiger partial charge in [-0.3, -0.25) is 4.99 Å². The number of thioether (sulfide) groups is 1. The van der Waals surface area contributed by atoms with Crippen molar-refractivity contribution >= 4 is 16.9 Å². The number of amidine groups is 1. The highest BCUT2D eigenvalue weighted by Crippen LogP contribution is 2.40. The van der Waals surface area contributed by atoms with E-state index in [-0.39, 0.29) is 0 Å². The lowest BCUT2D eigenvalue weighted by Crippen LogP contribution is -2.30. The van der Waals surface area contributed by atoms with E-state index >= 15 is 0 Å². The molecule has 0 aromatic rings. The van der Waals surface area contributed by atoms with Crippen LogP contribution in [0, 0.1) is 5.41 Å². The minimum Gasteiger partial charge on any atom is -0.385 e. The van der Waals surface area contributed by atoms with Crippen molar-refractivity contribution in [1.82, 2.24) is 5.32 Å². The van der Waals surface area contributed by atoms with E-state index in [1.54, 1.807) is 7.11 Å². The van der Waals surface area contributed by atoms with E-state index in [9.17, 15) is 0 Å². The molecule has 1 N–H and O–H groups in total. The van der Waals surface area contributed by atoms with E-state index in [1.807, 2.05) is 11.8 Å². The fraction of sp³-hybridized carbons (Fsp3) is 0.923. The highest BCUT2D eigenvalue weighted by atomic mass is 32.2. The second-order valence-electron chi connectivity index (χ2n) is 5.76. The fourth-order valence-corrected chi connectivity index (χ4v) is 3.68. The second kappa shape index (κ2) is 5.61. The van der Waals surface area contributed by atoms with E-state index in [0.29, 0.717) is 17.5 Å². The summed E-state index contributed by atoms with van der Waals surface area (Å²) in [5.74, 6) is 1.13. The summed E-state index contributed by atoms with van der Waals surface area (Å²) >= 11 is 1.87. The third-order valence-corrected chi connectivity index (χ3v) is 4.96. The van der Waals surface area contributed by atoms with Gasteiger partial charge >= 0.3 is 0 Å². The Labute approximate surface area is 109 Å². The fourth-order valence-electron chi connectivity index (χ4n) is 2.62. The standard InChI is InChI=1S/C13H24N2OS/c1-13(2)7-4-5-11(13)15-12-14-10(9-17-12)6-8-16-3/h10-11H,4-9H2,1-3H3,(H,14,15). The predicted octanol–water partition coefficient (Wildman–Crippen LogP) is 2.66. The molecule has 0 radical (unpaired) electrons. The Bertz CT molecular complexity index is 291. The first-order valence-corrected chi connectivity index (χ1v) is 7.56. The molecule has 1 aliphatic carbocycles. The maximum absolute atomic E-state index is 5.12. The van der Waals surface area contributed by atoms with Crippen LogP contribution in [-0.2, 0) is 4.74 Å². The molecule has 2 fully saturated rings. The molecular formula is C13H24N2OS. The van der Waals surface area contributed by atoms with Gasteiger partial charge in [0.2, 0.25) is 0 Å². The zero-order valence-electron chi connectivity index (χ0n) is 11.2. The lowest BCUT2D eigenvalue weighted by atomic mass is 9.88. The van der Waals surface area contributed by atoms with Gasteiger partial charge in [-0.05, 0) is 24.7 Å². The minimum atomic E-state index is 0.389. The van der Waals surface area contributed by atoms with Crippen LogP contribution in [0.3, 0.4) is 0 Å². The van der Waals surface area contributed by atoms with Gasteiger partial charge in [0.1, 0.15) is 0 Å². The SMILES string of the molecule is COCCC1CSC(=NC2CCCC2(C)C)N1.